The highest BCUT2D eigenvalue weighted by Gasteiger charge is 2.49. The van der Waals surface area contributed by atoms with Crippen LogP contribution < -0.4 is 61.9 Å². The number of hydrogen-bond acceptors (Lipinski definition) is 6. The fourth-order valence-corrected chi connectivity index (χ4v) is 14.6. The lowest BCUT2D eigenvalue weighted by molar-refractivity contribution is 0.469. The van der Waals surface area contributed by atoms with Crippen molar-refractivity contribution >= 4 is 136 Å². The monoisotopic (exact) mass is 1120 g/mol. The molecule has 0 amide bonds. The molecule has 4 aliphatic heterocycles. The van der Waals surface area contributed by atoms with Gasteiger partial charge in [-0.2, -0.15) is 0 Å². The van der Waals surface area contributed by atoms with Crippen LogP contribution in [0.15, 0.2) is 315 Å². The lowest BCUT2D eigenvalue weighted by Crippen LogP contribution is -2.63. The van der Waals surface area contributed by atoms with E-state index in [9.17, 15) is 0 Å². The smallest absolute Gasteiger partial charge is 0.256 e. The molecule has 0 atom stereocenters. The molecule has 14 aromatic rings. The Morgan fingerprint density at radius 1 is 0.261 bits per heavy atom. The minimum atomic E-state index is -0.264. The Hall–Kier alpha value is -11.5. The van der Waals surface area contributed by atoms with Gasteiger partial charge in [-0.1, -0.05) is 200 Å². The third-order valence-electron chi connectivity index (χ3n) is 18.2. The molecule has 8 heteroatoms. The Labute approximate surface area is 511 Å². The second kappa shape index (κ2) is 20.1. The second-order valence-electron chi connectivity index (χ2n) is 23.1. The van der Waals surface area contributed by atoms with E-state index >= 15 is 0 Å². The van der Waals surface area contributed by atoms with Gasteiger partial charge < -0.3 is 29.1 Å². The van der Waals surface area contributed by atoms with Gasteiger partial charge in [-0.05, 0) is 157 Å². The van der Waals surface area contributed by atoms with Crippen molar-refractivity contribution in [2.45, 2.75) is 0 Å². The predicted molar refractivity (Wildman–Crippen MR) is 368 cm³/mol. The van der Waals surface area contributed by atoms with Crippen molar-refractivity contribution in [2.24, 2.45) is 0 Å². The van der Waals surface area contributed by atoms with Gasteiger partial charge in [0.15, 0.2) is 0 Å². The summed E-state index contributed by atoms with van der Waals surface area (Å²) in [5.41, 5.74) is 21.3. The van der Waals surface area contributed by atoms with Crippen LogP contribution in [0.25, 0.3) is 32.7 Å². The predicted octanol–water partition coefficient (Wildman–Crippen LogP) is 17.4. The Balaban J connectivity index is 0.976. The van der Waals surface area contributed by atoms with Gasteiger partial charge in [0.1, 0.15) is 23.0 Å². The fourth-order valence-electron chi connectivity index (χ4n) is 14.6. The van der Waals surface area contributed by atoms with E-state index in [1.807, 2.05) is 0 Å². The summed E-state index contributed by atoms with van der Waals surface area (Å²) in [6.45, 7) is -0.529. The number of fused-ring (bicyclic) bond motifs is 10. The van der Waals surface area contributed by atoms with Crippen LogP contribution in [-0.4, -0.2) is 13.4 Å². The fraction of sp³-hybridized carbons (Fsp3) is 0. The van der Waals surface area contributed by atoms with Gasteiger partial charge in [0, 0.05) is 74.6 Å². The third-order valence-corrected chi connectivity index (χ3v) is 18.2. The maximum absolute atomic E-state index is 8.10. The van der Waals surface area contributed by atoms with Crippen LogP contribution >= 0.6 is 0 Å². The maximum atomic E-state index is 8.10. The number of rotatable bonds is 9. The summed E-state index contributed by atoms with van der Waals surface area (Å²) in [4.78, 5) is 9.59. The molecule has 88 heavy (non-hydrogen) atoms. The van der Waals surface area contributed by atoms with Crippen LogP contribution in [0.4, 0.5) is 68.2 Å². The highest BCUT2D eigenvalue weighted by atomic mass is 16.5. The van der Waals surface area contributed by atoms with Crippen LogP contribution in [0.5, 0.6) is 23.0 Å². The van der Waals surface area contributed by atoms with E-state index in [0.717, 1.165) is 146 Å². The highest BCUT2D eigenvalue weighted by Crippen LogP contribution is 2.54. The molecule has 4 heterocycles. The van der Waals surface area contributed by atoms with Gasteiger partial charge in [-0.3, -0.25) is 0 Å². The minimum absolute atomic E-state index is 0.264. The zero-order chi connectivity index (χ0) is 57.8. The molecule has 0 radical (unpaired) electrons. The molecule has 0 bridgehead atoms. The average Bonchev–Trinajstić information content (AvgIpc) is 0.744. The molecule has 18 rings (SSSR count). The largest absolute Gasteiger partial charge is 0.457 e. The first-order chi connectivity index (χ1) is 43.7. The van der Waals surface area contributed by atoms with E-state index in [0.29, 0.717) is 0 Å². The molecule has 4 aliphatic rings. The second-order valence-corrected chi connectivity index (χ2v) is 23.1. The maximum Gasteiger partial charge on any atom is 0.256 e. The number of anilines is 12. The summed E-state index contributed by atoms with van der Waals surface area (Å²) >= 11 is 0. The van der Waals surface area contributed by atoms with Crippen molar-refractivity contribution in [3.8, 4) is 34.1 Å². The molecule has 0 spiro atoms. The zero-order valence-corrected chi connectivity index (χ0v) is 47.8. The molecule has 0 unspecified atom stereocenters. The lowest BCUT2D eigenvalue weighted by Gasteiger charge is -2.44. The Morgan fingerprint density at radius 2 is 0.602 bits per heavy atom. The number of benzene rings is 14. The summed E-state index contributed by atoms with van der Waals surface area (Å²) in [5, 5.41) is 4.49. The average molecular weight is 1120 g/mol. The molecule has 0 N–H and O–H groups in total. The summed E-state index contributed by atoms with van der Waals surface area (Å²) in [5.74, 6) is 3.12. The van der Waals surface area contributed by atoms with Crippen LogP contribution in [0.2, 0.25) is 0 Å². The van der Waals surface area contributed by atoms with E-state index in [1.165, 1.54) is 10.9 Å². The summed E-state index contributed by atoms with van der Waals surface area (Å²) in [6.07, 6.45) is 0. The summed E-state index contributed by atoms with van der Waals surface area (Å²) in [7, 11) is 0. The van der Waals surface area contributed by atoms with E-state index < -0.39 is 0 Å². The number of nitrogens with zero attached hydrogens (tertiary/aromatic N) is 4. The first kappa shape index (κ1) is 49.9. The first-order valence-electron chi connectivity index (χ1n) is 30.2. The molecular weight excluding hydrogens is 1070 g/mol. The van der Waals surface area contributed by atoms with Crippen LogP contribution in [-0.2, 0) is 0 Å². The summed E-state index contributed by atoms with van der Waals surface area (Å²) < 4.78 is 16.2. The quantitative estimate of drug-likeness (QED) is 0.106. The van der Waals surface area contributed by atoms with Crippen LogP contribution in [0, 0.1) is 0 Å². The Kier molecular flexibility index (Phi) is 11.4. The van der Waals surface area contributed by atoms with Crippen molar-refractivity contribution in [3.63, 3.8) is 0 Å². The molecule has 410 valence electrons. The van der Waals surface area contributed by atoms with Gasteiger partial charge >= 0.3 is 0 Å². The minimum Gasteiger partial charge on any atom is -0.457 e. The summed E-state index contributed by atoms with van der Waals surface area (Å²) in [6, 6.07) is 114. The standard InChI is InChI=1S/C80H52B2N4O2/c1-7-29-55(30-8-1)83(56-31-9-2-10-32-56)61-48-71-77-73(50-61)87-79-67(81(77)65-43-23-25-45-69(65)85(71)59-37-15-5-16-38-59)52-68-80(76(79)75-63-41-21-19-27-53(63)47-54-28-20-22-42-64(54)75)88-74-51-62(84(57-33-11-3-12-34-57)58-35-13-4-14-36-58)49-72-78(74)82(68)66-44-24-26-46-70(66)86(72)60-39-17-6-18-40-60/h1-52H. The van der Waals surface area contributed by atoms with Crippen LogP contribution in [0.1, 0.15) is 0 Å². The van der Waals surface area contributed by atoms with Crippen LogP contribution in [0.3, 0.4) is 0 Å². The van der Waals surface area contributed by atoms with E-state index in [1.54, 1.807) is 0 Å². The van der Waals surface area contributed by atoms with Gasteiger partial charge in [0.05, 0.1) is 16.9 Å². The Bertz CT molecular complexity index is 4680. The van der Waals surface area contributed by atoms with Gasteiger partial charge in [0.2, 0.25) is 0 Å². The van der Waals surface area contributed by atoms with Gasteiger partial charge in [-0.15, -0.1) is 0 Å². The number of ether oxygens (including phenoxy) is 2. The van der Waals surface area contributed by atoms with Gasteiger partial charge in [-0.25, -0.2) is 0 Å². The van der Waals surface area contributed by atoms with Crippen molar-refractivity contribution < 1.29 is 9.47 Å². The first-order valence-corrected chi connectivity index (χ1v) is 30.2. The topological polar surface area (TPSA) is 31.4 Å². The molecule has 0 aliphatic carbocycles. The molecule has 6 nitrogen and oxygen atoms in total. The van der Waals surface area contributed by atoms with Crippen molar-refractivity contribution in [2.75, 3.05) is 19.6 Å². The van der Waals surface area contributed by atoms with Crippen molar-refractivity contribution in [1.29, 1.82) is 0 Å². The molecule has 0 saturated carbocycles. The molecule has 0 aromatic heterocycles. The van der Waals surface area contributed by atoms with E-state index in [4.69, 9.17) is 9.47 Å². The Morgan fingerprint density at radius 3 is 1.00 bits per heavy atom. The normalized spacial score (nSPS) is 12.9. The molecule has 0 fully saturated rings. The van der Waals surface area contributed by atoms with E-state index in [2.05, 4.69) is 335 Å². The number of para-hydroxylation sites is 8. The molecule has 0 saturated heterocycles. The molecule has 14 aromatic carbocycles. The molecular formula is C80H52B2N4O2. The van der Waals surface area contributed by atoms with Gasteiger partial charge in [0.25, 0.3) is 13.4 Å². The van der Waals surface area contributed by atoms with E-state index in [-0.39, 0.29) is 13.4 Å². The van der Waals surface area contributed by atoms with Crippen molar-refractivity contribution in [1.82, 2.24) is 0 Å². The third kappa shape index (κ3) is 7.72. The highest BCUT2D eigenvalue weighted by molar-refractivity contribution is 7.02. The zero-order valence-electron chi connectivity index (χ0n) is 47.8. The van der Waals surface area contributed by atoms with Crippen molar-refractivity contribution in [3.05, 3.63) is 315 Å². The number of hydrogen-bond donors (Lipinski definition) is 0. The SMILES string of the molecule is c1ccc(N(c2ccccc2)c2cc3c4c(c2)N(c2ccccc2)c2ccccc2B4c2cc4c(c(-c5c6ccccc6cc6ccccc56)c2O3)Oc2cc(N(c3ccccc3)c3ccccc3)cc3c2B4c2ccccc2N3c2ccccc2)cc1. The lowest BCUT2D eigenvalue weighted by atomic mass is 9.30.